The van der Waals surface area contributed by atoms with Crippen LogP contribution in [0.3, 0.4) is 0 Å². The van der Waals surface area contributed by atoms with E-state index < -0.39 is 12.3 Å². The predicted octanol–water partition coefficient (Wildman–Crippen LogP) is 3.58. The van der Waals surface area contributed by atoms with Crippen LogP contribution >= 0.6 is 11.3 Å². The number of benzene rings is 1. The third-order valence-corrected chi connectivity index (χ3v) is 2.93. The number of carbonyl (C=O) groups excluding carboxylic acids is 1. The van der Waals surface area contributed by atoms with Crippen LogP contribution in [0, 0.1) is 0 Å². The first-order valence-corrected chi connectivity index (χ1v) is 5.06. The highest BCUT2D eigenvalue weighted by Crippen LogP contribution is 2.27. The van der Waals surface area contributed by atoms with E-state index in [9.17, 15) is 18.0 Å². The van der Waals surface area contributed by atoms with Gasteiger partial charge in [-0.15, -0.1) is 24.5 Å². The van der Waals surface area contributed by atoms with Gasteiger partial charge in [-0.1, -0.05) is 18.2 Å². The first kappa shape index (κ1) is 10.9. The maximum absolute atomic E-state index is 11.8. The van der Waals surface area contributed by atoms with E-state index in [0.717, 1.165) is 21.4 Å². The van der Waals surface area contributed by atoms with Crippen molar-refractivity contribution < 1.29 is 22.7 Å². The molecule has 1 aromatic carbocycles. The molecule has 0 saturated heterocycles. The highest BCUT2D eigenvalue weighted by atomic mass is 32.1. The number of hydrogen-bond donors (Lipinski definition) is 0. The van der Waals surface area contributed by atoms with E-state index in [4.69, 9.17) is 0 Å². The van der Waals surface area contributed by atoms with E-state index in [-0.39, 0.29) is 4.88 Å². The molecule has 0 aliphatic heterocycles. The normalized spacial score (nSPS) is 11.7. The minimum atomic E-state index is -4.94. The SMILES string of the molecule is O=C(OC(F)(F)F)c1cc2ccccc2s1. The number of esters is 1. The van der Waals surface area contributed by atoms with Crippen LogP contribution in [0.25, 0.3) is 10.1 Å². The van der Waals surface area contributed by atoms with Gasteiger partial charge in [0.15, 0.2) is 0 Å². The van der Waals surface area contributed by atoms with Gasteiger partial charge in [0, 0.05) is 4.70 Å². The van der Waals surface area contributed by atoms with Crippen LogP contribution in [0.2, 0.25) is 0 Å². The number of halogens is 3. The number of rotatable bonds is 1. The molecule has 2 nitrogen and oxygen atoms in total. The highest BCUT2D eigenvalue weighted by molar-refractivity contribution is 7.20. The van der Waals surface area contributed by atoms with Crippen molar-refractivity contribution in [2.24, 2.45) is 0 Å². The monoisotopic (exact) mass is 246 g/mol. The summed E-state index contributed by atoms with van der Waals surface area (Å²) in [6.45, 7) is 0. The summed E-state index contributed by atoms with van der Waals surface area (Å²) in [6, 6.07) is 8.32. The maximum atomic E-state index is 11.8. The fraction of sp³-hybridized carbons (Fsp3) is 0.100. The molecule has 84 valence electrons. The Bertz CT molecular complexity index is 497. The minimum Gasteiger partial charge on any atom is -0.369 e. The number of alkyl halides is 3. The minimum absolute atomic E-state index is 0.0569. The maximum Gasteiger partial charge on any atom is 0.575 e. The van der Waals surface area contributed by atoms with Crippen LogP contribution in [0.4, 0.5) is 13.2 Å². The van der Waals surface area contributed by atoms with Crippen LogP contribution in [0.5, 0.6) is 0 Å². The number of carbonyl (C=O) groups is 1. The molecule has 0 saturated carbocycles. The molecule has 0 bridgehead atoms. The summed E-state index contributed by atoms with van der Waals surface area (Å²) in [5, 5.41) is 0.724. The quantitative estimate of drug-likeness (QED) is 0.719. The van der Waals surface area contributed by atoms with Crippen molar-refractivity contribution in [3.63, 3.8) is 0 Å². The van der Waals surface area contributed by atoms with Crippen molar-refractivity contribution in [2.45, 2.75) is 6.36 Å². The van der Waals surface area contributed by atoms with E-state index >= 15 is 0 Å². The zero-order valence-electron chi connectivity index (χ0n) is 7.75. The lowest BCUT2D eigenvalue weighted by atomic mass is 10.2. The van der Waals surface area contributed by atoms with Gasteiger partial charge in [-0.25, -0.2) is 4.79 Å². The molecule has 1 heterocycles. The molecule has 0 amide bonds. The van der Waals surface area contributed by atoms with Crippen LogP contribution in [-0.4, -0.2) is 12.3 Å². The summed E-state index contributed by atoms with van der Waals surface area (Å²) in [7, 11) is 0. The second-order valence-corrected chi connectivity index (χ2v) is 4.07. The Morgan fingerprint density at radius 2 is 1.94 bits per heavy atom. The van der Waals surface area contributed by atoms with E-state index in [0.29, 0.717) is 0 Å². The lowest BCUT2D eigenvalue weighted by molar-refractivity contribution is -0.291. The second kappa shape index (κ2) is 3.79. The molecule has 0 unspecified atom stereocenters. The number of ether oxygens (including phenoxy) is 1. The summed E-state index contributed by atoms with van der Waals surface area (Å²) in [4.78, 5) is 11.0. The smallest absolute Gasteiger partial charge is 0.369 e. The van der Waals surface area contributed by atoms with Gasteiger partial charge in [0.2, 0.25) is 0 Å². The van der Waals surface area contributed by atoms with Crippen LogP contribution in [0.15, 0.2) is 30.3 Å². The second-order valence-electron chi connectivity index (χ2n) is 2.98. The van der Waals surface area contributed by atoms with Gasteiger partial charge in [-0.2, -0.15) is 0 Å². The molecule has 2 aromatic rings. The Balaban J connectivity index is 2.30. The number of hydrogen-bond acceptors (Lipinski definition) is 3. The van der Waals surface area contributed by atoms with E-state index in [1.807, 2.05) is 0 Å². The Morgan fingerprint density at radius 3 is 2.56 bits per heavy atom. The van der Waals surface area contributed by atoms with Gasteiger partial charge in [-0.3, -0.25) is 0 Å². The Morgan fingerprint density at radius 1 is 1.25 bits per heavy atom. The lowest BCUT2D eigenvalue weighted by Gasteiger charge is -2.04. The first-order valence-electron chi connectivity index (χ1n) is 4.24. The van der Waals surface area contributed by atoms with Gasteiger partial charge < -0.3 is 4.74 Å². The zero-order valence-corrected chi connectivity index (χ0v) is 8.56. The van der Waals surface area contributed by atoms with Crippen molar-refractivity contribution in [1.29, 1.82) is 0 Å². The molecule has 6 heteroatoms. The molecule has 0 fully saturated rings. The van der Waals surface area contributed by atoms with Crippen molar-refractivity contribution in [3.8, 4) is 0 Å². The molecule has 0 aliphatic carbocycles. The van der Waals surface area contributed by atoms with Gasteiger partial charge in [-0.05, 0) is 17.5 Å². The lowest BCUT2D eigenvalue weighted by Crippen LogP contribution is -2.18. The molecule has 0 radical (unpaired) electrons. The molecule has 0 N–H and O–H groups in total. The van der Waals surface area contributed by atoms with E-state index in [1.54, 1.807) is 24.3 Å². The number of thiophene rings is 1. The molecule has 0 aliphatic rings. The summed E-state index contributed by atoms with van der Waals surface area (Å²) in [5.74, 6) is -1.37. The summed E-state index contributed by atoms with van der Waals surface area (Å²) in [5.41, 5.74) is 0. The molecule has 2 rings (SSSR count). The first-order chi connectivity index (χ1) is 7.46. The van der Waals surface area contributed by atoms with E-state index in [2.05, 4.69) is 4.74 Å². The largest absolute Gasteiger partial charge is 0.575 e. The van der Waals surface area contributed by atoms with Gasteiger partial charge in [0.25, 0.3) is 0 Å². The third kappa shape index (κ3) is 2.33. The fourth-order valence-electron chi connectivity index (χ4n) is 1.24. The van der Waals surface area contributed by atoms with Crippen LogP contribution in [-0.2, 0) is 4.74 Å². The topological polar surface area (TPSA) is 26.3 Å². The predicted molar refractivity (Wildman–Crippen MR) is 53.3 cm³/mol. The van der Waals surface area contributed by atoms with Crippen molar-refractivity contribution in [2.75, 3.05) is 0 Å². The Hall–Kier alpha value is -1.56. The molecular weight excluding hydrogens is 241 g/mol. The average molecular weight is 246 g/mol. The van der Waals surface area contributed by atoms with Gasteiger partial charge in [0.05, 0.1) is 0 Å². The third-order valence-electron chi connectivity index (χ3n) is 1.84. The summed E-state index contributed by atoms with van der Waals surface area (Å²) in [6.07, 6.45) is -4.94. The summed E-state index contributed by atoms with van der Waals surface area (Å²) >= 11 is 0.972. The summed E-state index contributed by atoms with van der Waals surface area (Å²) < 4.78 is 39.5. The molecule has 1 aromatic heterocycles. The Kier molecular flexibility index (Phi) is 2.59. The fourth-order valence-corrected chi connectivity index (χ4v) is 2.18. The molecule has 0 spiro atoms. The van der Waals surface area contributed by atoms with Gasteiger partial charge >= 0.3 is 12.3 Å². The van der Waals surface area contributed by atoms with Gasteiger partial charge in [0.1, 0.15) is 4.88 Å². The van der Waals surface area contributed by atoms with Crippen LogP contribution in [0.1, 0.15) is 9.67 Å². The van der Waals surface area contributed by atoms with Crippen molar-refractivity contribution >= 4 is 27.4 Å². The van der Waals surface area contributed by atoms with Crippen molar-refractivity contribution in [3.05, 3.63) is 35.2 Å². The highest BCUT2D eigenvalue weighted by Gasteiger charge is 2.34. The molecular formula is C10H5F3O2S. The molecule has 0 atom stereocenters. The van der Waals surface area contributed by atoms with Crippen molar-refractivity contribution in [1.82, 2.24) is 0 Å². The average Bonchev–Trinajstić information content (AvgIpc) is 2.58. The Labute approximate surface area is 92.3 Å². The number of fused-ring (bicyclic) bond motifs is 1. The van der Waals surface area contributed by atoms with E-state index in [1.165, 1.54) is 6.07 Å². The zero-order chi connectivity index (χ0) is 11.8. The standard InChI is InChI=1S/C10H5F3O2S/c11-10(12,13)15-9(14)8-5-6-3-1-2-4-7(6)16-8/h1-5H. The van der Waals surface area contributed by atoms with Crippen LogP contribution < -0.4 is 0 Å². The molecule has 16 heavy (non-hydrogen) atoms.